The molecule has 2 unspecified atom stereocenters. The summed E-state index contributed by atoms with van der Waals surface area (Å²) in [6.45, 7) is 5.50. The van der Waals surface area contributed by atoms with Gasteiger partial charge in [-0.25, -0.2) is 0 Å². The number of carbonyl (C=O) groups is 1. The Kier molecular flexibility index (Phi) is 3.44. The van der Waals surface area contributed by atoms with Gasteiger partial charge in [-0.3, -0.25) is 14.9 Å². The van der Waals surface area contributed by atoms with Crippen molar-refractivity contribution in [1.29, 1.82) is 0 Å². The van der Waals surface area contributed by atoms with E-state index in [9.17, 15) is 14.9 Å². The van der Waals surface area contributed by atoms with E-state index in [-0.39, 0.29) is 29.7 Å². The summed E-state index contributed by atoms with van der Waals surface area (Å²) < 4.78 is 1.79. The molecule has 2 heterocycles. The molecule has 0 aromatic carbocycles. The topological polar surface area (TPSA) is 80.4 Å². The fourth-order valence-corrected chi connectivity index (χ4v) is 3.06. The summed E-state index contributed by atoms with van der Waals surface area (Å²) in [6.07, 6.45) is 3.47. The first-order valence-corrected chi connectivity index (χ1v) is 7.38. The van der Waals surface area contributed by atoms with Crippen LogP contribution in [0, 0.1) is 10.1 Å². The number of nitrogens with one attached hydrogen (secondary N) is 1. The predicted molar refractivity (Wildman–Crippen MR) is 77.3 cm³/mol. The summed E-state index contributed by atoms with van der Waals surface area (Å²) in [5.74, 6) is -0.100. The Balaban J connectivity index is 1.94. The third-order valence-corrected chi connectivity index (χ3v) is 4.27. The van der Waals surface area contributed by atoms with E-state index in [0.717, 1.165) is 25.9 Å². The molecular weight excluding hydrogens is 272 g/mol. The molecule has 7 heteroatoms. The summed E-state index contributed by atoms with van der Waals surface area (Å²) in [7, 11) is 0. The van der Waals surface area contributed by atoms with Crippen LogP contribution in [-0.2, 0) is 0 Å². The Bertz CT molecular complexity index is 569. The number of rotatable bonds is 3. The molecule has 1 saturated heterocycles. The average molecular weight is 292 g/mol. The van der Waals surface area contributed by atoms with Crippen LogP contribution >= 0.6 is 0 Å². The lowest BCUT2D eigenvalue weighted by atomic mass is 10.1. The third-order valence-electron chi connectivity index (χ3n) is 4.27. The van der Waals surface area contributed by atoms with Gasteiger partial charge in [-0.1, -0.05) is 0 Å². The first-order valence-electron chi connectivity index (χ1n) is 7.38. The van der Waals surface area contributed by atoms with Gasteiger partial charge in [0.25, 0.3) is 11.6 Å². The number of nitro groups is 1. The Labute approximate surface area is 123 Å². The van der Waals surface area contributed by atoms with E-state index >= 15 is 0 Å². The van der Waals surface area contributed by atoms with Gasteiger partial charge in [0, 0.05) is 37.3 Å². The molecule has 7 nitrogen and oxygen atoms in total. The van der Waals surface area contributed by atoms with Crippen molar-refractivity contribution in [2.75, 3.05) is 13.1 Å². The third kappa shape index (κ3) is 2.53. The SMILES string of the molecule is CC1CNCC(C)N1C(=O)c1cc([N+](=O)[O-])cn1C1CC1. The number of hydrogen-bond donors (Lipinski definition) is 1. The van der Waals surface area contributed by atoms with Crippen LogP contribution in [0.1, 0.15) is 43.2 Å². The molecule has 21 heavy (non-hydrogen) atoms. The van der Waals surface area contributed by atoms with Crippen molar-refractivity contribution >= 4 is 11.6 Å². The quantitative estimate of drug-likeness (QED) is 0.677. The molecule has 0 bridgehead atoms. The Hall–Kier alpha value is -1.89. The van der Waals surface area contributed by atoms with Gasteiger partial charge >= 0.3 is 0 Å². The molecule has 2 aliphatic rings. The molecule has 1 N–H and O–H groups in total. The van der Waals surface area contributed by atoms with E-state index in [1.54, 1.807) is 4.57 Å². The summed E-state index contributed by atoms with van der Waals surface area (Å²) >= 11 is 0. The molecule has 114 valence electrons. The molecule has 1 aliphatic carbocycles. The molecule has 1 aromatic rings. The summed E-state index contributed by atoms with van der Waals surface area (Å²) in [4.78, 5) is 25.3. The minimum absolute atomic E-state index is 0.000639. The van der Waals surface area contributed by atoms with Gasteiger partial charge in [-0.2, -0.15) is 0 Å². The number of hydrogen-bond acceptors (Lipinski definition) is 4. The lowest BCUT2D eigenvalue weighted by molar-refractivity contribution is -0.384. The first-order chi connectivity index (χ1) is 9.99. The van der Waals surface area contributed by atoms with Crippen LogP contribution in [-0.4, -0.2) is 45.5 Å². The number of carbonyl (C=O) groups excluding carboxylic acids is 1. The van der Waals surface area contributed by atoms with E-state index < -0.39 is 4.92 Å². The fourth-order valence-electron chi connectivity index (χ4n) is 3.06. The van der Waals surface area contributed by atoms with Crippen LogP contribution in [0.5, 0.6) is 0 Å². The van der Waals surface area contributed by atoms with Crippen LogP contribution in [0.4, 0.5) is 5.69 Å². The Morgan fingerprint density at radius 2 is 1.95 bits per heavy atom. The van der Waals surface area contributed by atoms with Gasteiger partial charge in [0.1, 0.15) is 5.69 Å². The van der Waals surface area contributed by atoms with Crippen molar-refractivity contribution in [1.82, 2.24) is 14.8 Å². The Morgan fingerprint density at radius 3 is 2.48 bits per heavy atom. The van der Waals surface area contributed by atoms with Crippen molar-refractivity contribution in [3.8, 4) is 0 Å². The summed E-state index contributed by atoms with van der Waals surface area (Å²) in [5, 5.41) is 14.3. The molecule has 0 radical (unpaired) electrons. The molecule has 0 spiro atoms. The van der Waals surface area contributed by atoms with E-state index in [1.807, 2.05) is 18.7 Å². The molecule has 1 saturated carbocycles. The molecule has 1 amide bonds. The highest BCUT2D eigenvalue weighted by Crippen LogP contribution is 2.38. The normalized spacial score (nSPS) is 25.9. The number of piperazine rings is 1. The summed E-state index contributed by atoms with van der Waals surface area (Å²) in [6, 6.07) is 1.83. The average Bonchev–Trinajstić information content (AvgIpc) is 3.16. The van der Waals surface area contributed by atoms with Crippen molar-refractivity contribution in [2.45, 2.75) is 44.8 Å². The molecule has 1 aromatic heterocycles. The molecular formula is C14H20N4O3. The monoisotopic (exact) mass is 292 g/mol. The van der Waals surface area contributed by atoms with Crippen LogP contribution < -0.4 is 5.32 Å². The predicted octanol–water partition coefficient (Wildman–Crippen LogP) is 1.55. The number of aromatic nitrogens is 1. The highest BCUT2D eigenvalue weighted by Gasteiger charge is 2.35. The lowest BCUT2D eigenvalue weighted by Crippen LogP contribution is -2.57. The van der Waals surface area contributed by atoms with Crippen LogP contribution in [0.2, 0.25) is 0 Å². The van der Waals surface area contributed by atoms with Crippen LogP contribution in [0.3, 0.4) is 0 Å². The first kappa shape index (κ1) is 14.1. The lowest BCUT2D eigenvalue weighted by Gasteiger charge is -2.39. The van der Waals surface area contributed by atoms with E-state index in [1.165, 1.54) is 12.3 Å². The minimum atomic E-state index is -0.430. The van der Waals surface area contributed by atoms with Crippen molar-refractivity contribution in [3.63, 3.8) is 0 Å². The number of nitrogens with zero attached hydrogens (tertiary/aromatic N) is 3. The van der Waals surface area contributed by atoms with Crippen molar-refractivity contribution in [3.05, 3.63) is 28.1 Å². The van der Waals surface area contributed by atoms with Gasteiger partial charge in [-0.15, -0.1) is 0 Å². The standard InChI is InChI=1S/C14H20N4O3/c1-9-6-15-7-10(2)17(9)14(19)13-5-12(18(20)21)8-16(13)11-3-4-11/h5,8-11,15H,3-4,6-7H2,1-2H3. The van der Waals surface area contributed by atoms with E-state index in [2.05, 4.69) is 5.32 Å². The largest absolute Gasteiger partial charge is 0.334 e. The zero-order chi connectivity index (χ0) is 15.1. The van der Waals surface area contributed by atoms with Crippen LogP contribution in [0.25, 0.3) is 0 Å². The maximum absolute atomic E-state index is 12.9. The second-order valence-electron chi connectivity index (χ2n) is 6.05. The summed E-state index contributed by atoms with van der Waals surface area (Å²) in [5.41, 5.74) is 0.450. The highest BCUT2D eigenvalue weighted by atomic mass is 16.6. The zero-order valence-electron chi connectivity index (χ0n) is 12.3. The van der Waals surface area contributed by atoms with Crippen LogP contribution in [0.15, 0.2) is 12.3 Å². The van der Waals surface area contributed by atoms with Gasteiger partial charge < -0.3 is 14.8 Å². The molecule has 2 fully saturated rings. The molecule has 3 rings (SSSR count). The smallest absolute Gasteiger partial charge is 0.287 e. The Morgan fingerprint density at radius 1 is 1.33 bits per heavy atom. The zero-order valence-corrected chi connectivity index (χ0v) is 12.3. The fraction of sp³-hybridized carbons (Fsp3) is 0.643. The highest BCUT2D eigenvalue weighted by molar-refractivity contribution is 5.94. The van der Waals surface area contributed by atoms with Crippen molar-refractivity contribution in [2.24, 2.45) is 0 Å². The van der Waals surface area contributed by atoms with Gasteiger partial charge in [-0.05, 0) is 26.7 Å². The maximum atomic E-state index is 12.9. The van der Waals surface area contributed by atoms with Gasteiger partial charge in [0.05, 0.1) is 11.1 Å². The molecule has 2 atom stereocenters. The maximum Gasteiger partial charge on any atom is 0.287 e. The van der Waals surface area contributed by atoms with Gasteiger partial charge in [0.2, 0.25) is 0 Å². The second-order valence-corrected chi connectivity index (χ2v) is 6.05. The van der Waals surface area contributed by atoms with E-state index in [4.69, 9.17) is 0 Å². The van der Waals surface area contributed by atoms with Gasteiger partial charge in [0.15, 0.2) is 0 Å². The van der Waals surface area contributed by atoms with E-state index in [0.29, 0.717) is 5.69 Å². The second kappa shape index (κ2) is 5.14. The molecule has 1 aliphatic heterocycles. The van der Waals surface area contributed by atoms with Crippen molar-refractivity contribution < 1.29 is 9.72 Å². The number of amides is 1. The minimum Gasteiger partial charge on any atom is -0.334 e.